The summed E-state index contributed by atoms with van der Waals surface area (Å²) in [7, 11) is 0. The zero-order chi connectivity index (χ0) is 17.1. The second kappa shape index (κ2) is 7.21. The lowest BCUT2D eigenvalue weighted by atomic mass is 10.2. The van der Waals surface area contributed by atoms with Crippen molar-refractivity contribution in [3.63, 3.8) is 0 Å². The summed E-state index contributed by atoms with van der Waals surface area (Å²) in [4.78, 5) is 33.5. The molecular weight excluding hydrogens is 322 g/mol. The van der Waals surface area contributed by atoms with Crippen LogP contribution in [0.25, 0.3) is 10.9 Å². The fourth-order valence-electron chi connectivity index (χ4n) is 2.93. The van der Waals surface area contributed by atoms with Crippen molar-refractivity contribution in [1.29, 1.82) is 0 Å². The number of amides is 2. The number of hydrogen-bond acceptors (Lipinski definition) is 4. The van der Waals surface area contributed by atoms with Crippen LogP contribution < -0.4 is 0 Å². The third-order valence-electron chi connectivity index (χ3n) is 4.32. The number of likely N-dealkylation sites (N-methyl/N-ethyl adjacent to an activating group) is 1. The molecule has 24 heavy (non-hydrogen) atoms. The first-order chi connectivity index (χ1) is 11.7. The maximum absolute atomic E-state index is 12.9. The molecule has 2 aromatic rings. The predicted octanol–water partition coefficient (Wildman–Crippen LogP) is 2.62. The Morgan fingerprint density at radius 2 is 1.96 bits per heavy atom. The molecule has 1 saturated heterocycles. The number of para-hydroxylation sites is 1. The van der Waals surface area contributed by atoms with Crippen molar-refractivity contribution in [1.82, 2.24) is 14.8 Å². The summed E-state index contributed by atoms with van der Waals surface area (Å²) >= 11 is 1.61. The molecule has 0 saturated carbocycles. The van der Waals surface area contributed by atoms with Gasteiger partial charge in [-0.15, -0.1) is 11.8 Å². The van der Waals surface area contributed by atoms with Crippen molar-refractivity contribution < 1.29 is 9.59 Å². The summed E-state index contributed by atoms with van der Waals surface area (Å²) in [5.41, 5.74) is 1.19. The van der Waals surface area contributed by atoms with Crippen molar-refractivity contribution in [3.8, 4) is 0 Å². The van der Waals surface area contributed by atoms with E-state index >= 15 is 0 Å². The van der Waals surface area contributed by atoms with E-state index in [1.54, 1.807) is 27.6 Å². The third kappa shape index (κ3) is 3.11. The van der Waals surface area contributed by atoms with Gasteiger partial charge in [-0.25, -0.2) is 4.98 Å². The number of benzene rings is 1. The van der Waals surface area contributed by atoms with Gasteiger partial charge in [0.05, 0.1) is 11.4 Å². The van der Waals surface area contributed by atoms with Crippen molar-refractivity contribution in [2.24, 2.45) is 0 Å². The Morgan fingerprint density at radius 3 is 2.71 bits per heavy atom. The molecule has 0 spiro atoms. The number of hydrogen-bond donors (Lipinski definition) is 0. The highest BCUT2D eigenvalue weighted by Gasteiger charge is 2.37. The number of thioether (sulfide) groups is 1. The predicted molar refractivity (Wildman–Crippen MR) is 97.0 cm³/mol. The molecule has 126 valence electrons. The number of carbonyl (C=O) groups excluding carboxylic acids is 2. The first-order valence-electron chi connectivity index (χ1n) is 8.19. The smallest absolute Gasteiger partial charge is 0.273 e. The fraction of sp³-hybridized carbons (Fsp3) is 0.389. The van der Waals surface area contributed by atoms with Gasteiger partial charge in [-0.1, -0.05) is 24.3 Å². The van der Waals surface area contributed by atoms with Gasteiger partial charge in [0.2, 0.25) is 5.91 Å². The van der Waals surface area contributed by atoms with E-state index in [0.717, 1.165) is 10.9 Å². The molecule has 3 rings (SSSR count). The molecule has 0 unspecified atom stereocenters. The van der Waals surface area contributed by atoms with Crippen molar-refractivity contribution in [2.45, 2.75) is 19.9 Å². The van der Waals surface area contributed by atoms with Crippen LogP contribution in [0, 0.1) is 0 Å². The second-order valence-electron chi connectivity index (χ2n) is 5.69. The van der Waals surface area contributed by atoms with Gasteiger partial charge in [0.15, 0.2) is 0 Å². The Bertz CT molecular complexity index is 761. The zero-order valence-electron chi connectivity index (χ0n) is 13.9. The van der Waals surface area contributed by atoms with Crippen LogP contribution in [-0.4, -0.2) is 57.4 Å². The number of carbonyl (C=O) groups is 2. The van der Waals surface area contributed by atoms with E-state index in [2.05, 4.69) is 4.98 Å². The lowest BCUT2D eigenvalue weighted by Gasteiger charge is -2.28. The standard InChI is InChI=1S/C18H21N3O2S/c1-3-20(4-2)18(23)16-11-24-12-21(16)17(22)15-10-9-13-7-5-6-8-14(13)19-15/h5-10,16H,3-4,11-12H2,1-2H3/t16-/m1/s1. The largest absolute Gasteiger partial charge is 0.341 e. The Kier molecular flexibility index (Phi) is 5.04. The van der Waals surface area contributed by atoms with Crippen LogP contribution in [0.5, 0.6) is 0 Å². The fourth-order valence-corrected chi connectivity index (χ4v) is 4.07. The summed E-state index contributed by atoms with van der Waals surface area (Å²) < 4.78 is 0. The van der Waals surface area contributed by atoms with E-state index in [1.807, 2.05) is 44.2 Å². The van der Waals surface area contributed by atoms with E-state index in [1.165, 1.54) is 0 Å². The van der Waals surface area contributed by atoms with Crippen LogP contribution >= 0.6 is 11.8 Å². The molecule has 5 nitrogen and oxygen atoms in total. The minimum atomic E-state index is -0.393. The van der Waals surface area contributed by atoms with E-state index in [4.69, 9.17) is 0 Å². The number of aromatic nitrogens is 1. The quantitative estimate of drug-likeness (QED) is 0.856. The van der Waals surface area contributed by atoms with Crippen LogP contribution in [-0.2, 0) is 4.79 Å². The van der Waals surface area contributed by atoms with Crippen LogP contribution in [0.2, 0.25) is 0 Å². The second-order valence-corrected chi connectivity index (χ2v) is 6.69. The highest BCUT2D eigenvalue weighted by Crippen LogP contribution is 2.25. The van der Waals surface area contributed by atoms with E-state index in [9.17, 15) is 9.59 Å². The van der Waals surface area contributed by atoms with Crippen molar-refractivity contribution in [3.05, 3.63) is 42.1 Å². The lowest BCUT2D eigenvalue weighted by molar-refractivity contribution is -0.134. The topological polar surface area (TPSA) is 53.5 Å². The minimum Gasteiger partial charge on any atom is -0.341 e. The van der Waals surface area contributed by atoms with Crippen molar-refractivity contribution in [2.75, 3.05) is 24.7 Å². The Morgan fingerprint density at radius 1 is 1.21 bits per heavy atom. The molecule has 2 heterocycles. The monoisotopic (exact) mass is 343 g/mol. The number of rotatable bonds is 4. The molecule has 6 heteroatoms. The van der Waals surface area contributed by atoms with Gasteiger partial charge in [-0.2, -0.15) is 0 Å². The molecule has 0 radical (unpaired) electrons. The third-order valence-corrected chi connectivity index (χ3v) is 5.33. The number of pyridine rings is 1. The molecule has 1 aromatic carbocycles. The number of fused-ring (bicyclic) bond motifs is 1. The van der Waals surface area contributed by atoms with E-state index < -0.39 is 6.04 Å². The first kappa shape index (κ1) is 16.8. The van der Waals surface area contributed by atoms with Crippen LogP contribution in [0.1, 0.15) is 24.3 Å². The summed E-state index contributed by atoms with van der Waals surface area (Å²) in [6, 6.07) is 11.0. The normalized spacial score (nSPS) is 17.2. The Hall–Kier alpha value is -2.08. The van der Waals surface area contributed by atoms with Gasteiger partial charge in [0.1, 0.15) is 11.7 Å². The van der Waals surface area contributed by atoms with E-state index in [0.29, 0.717) is 30.4 Å². The van der Waals surface area contributed by atoms with Crippen LogP contribution in [0.3, 0.4) is 0 Å². The Labute approximate surface area is 146 Å². The molecule has 0 aliphatic carbocycles. The first-order valence-corrected chi connectivity index (χ1v) is 9.34. The van der Waals surface area contributed by atoms with Crippen LogP contribution in [0.4, 0.5) is 0 Å². The van der Waals surface area contributed by atoms with Gasteiger partial charge >= 0.3 is 0 Å². The lowest BCUT2D eigenvalue weighted by Crippen LogP contribution is -2.49. The molecule has 1 fully saturated rings. The maximum atomic E-state index is 12.9. The molecule has 1 atom stereocenters. The molecule has 0 bridgehead atoms. The molecule has 1 aromatic heterocycles. The van der Waals surface area contributed by atoms with Gasteiger partial charge in [-0.05, 0) is 26.0 Å². The van der Waals surface area contributed by atoms with Crippen LogP contribution in [0.15, 0.2) is 36.4 Å². The average molecular weight is 343 g/mol. The molecular formula is C18H21N3O2S. The Balaban J connectivity index is 1.85. The summed E-state index contributed by atoms with van der Waals surface area (Å²) in [6.07, 6.45) is 0. The van der Waals surface area contributed by atoms with E-state index in [-0.39, 0.29) is 11.8 Å². The average Bonchev–Trinajstić information content (AvgIpc) is 3.11. The van der Waals surface area contributed by atoms with Gasteiger partial charge in [0, 0.05) is 24.2 Å². The highest BCUT2D eigenvalue weighted by molar-refractivity contribution is 7.99. The molecule has 2 amide bonds. The molecule has 1 aliphatic heterocycles. The van der Waals surface area contributed by atoms with Gasteiger partial charge in [0.25, 0.3) is 5.91 Å². The summed E-state index contributed by atoms with van der Waals surface area (Å²) in [5.74, 6) is 1.04. The number of nitrogens with zero attached hydrogens (tertiary/aromatic N) is 3. The maximum Gasteiger partial charge on any atom is 0.273 e. The van der Waals surface area contributed by atoms with Crippen molar-refractivity contribution >= 4 is 34.5 Å². The highest BCUT2D eigenvalue weighted by atomic mass is 32.2. The summed E-state index contributed by atoms with van der Waals surface area (Å²) in [5, 5.41) is 1.00. The van der Waals surface area contributed by atoms with Gasteiger partial charge in [-0.3, -0.25) is 9.59 Å². The summed E-state index contributed by atoms with van der Waals surface area (Å²) in [6.45, 7) is 5.24. The van der Waals surface area contributed by atoms with Gasteiger partial charge < -0.3 is 9.80 Å². The molecule has 1 aliphatic rings. The molecule has 0 N–H and O–H groups in total. The zero-order valence-corrected chi connectivity index (χ0v) is 14.8. The minimum absolute atomic E-state index is 0.0270. The SMILES string of the molecule is CCN(CC)C(=O)[C@H]1CSCN1C(=O)c1ccc2ccccc2n1.